The van der Waals surface area contributed by atoms with Crippen molar-refractivity contribution in [3.63, 3.8) is 0 Å². The predicted octanol–water partition coefficient (Wildman–Crippen LogP) is 0.862. The molecule has 0 spiro atoms. The number of nitrogens with zero attached hydrogens (tertiary/aromatic N) is 2. The highest BCUT2D eigenvalue weighted by Gasteiger charge is 2.25. The van der Waals surface area contributed by atoms with Crippen LogP contribution in [-0.4, -0.2) is 46.9 Å². The molecular weight excluding hydrogens is 242 g/mol. The summed E-state index contributed by atoms with van der Waals surface area (Å²) in [6.45, 7) is 8.40. The number of anilines is 1. The van der Waals surface area contributed by atoms with Gasteiger partial charge in [-0.25, -0.2) is 0 Å². The molecule has 0 radical (unpaired) electrons. The van der Waals surface area contributed by atoms with Crippen molar-refractivity contribution in [2.24, 2.45) is 0 Å². The highest BCUT2D eigenvalue weighted by molar-refractivity contribution is 5.53. The molecule has 1 aliphatic rings. The number of aryl methyl sites for hydroxylation is 1. The minimum atomic E-state index is -0.105. The van der Waals surface area contributed by atoms with E-state index in [9.17, 15) is 5.11 Å². The van der Waals surface area contributed by atoms with Crippen LogP contribution >= 0.6 is 0 Å². The van der Waals surface area contributed by atoms with Crippen molar-refractivity contribution in [2.75, 3.05) is 25.4 Å². The average Bonchev–Trinajstić information content (AvgIpc) is 2.39. The third-order valence-corrected chi connectivity index (χ3v) is 3.65. The van der Waals surface area contributed by atoms with Crippen molar-refractivity contribution >= 4 is 5.69 Å². The van der Waals surface area contributed by atoms with Gasteiger partial charge in [-0.15, -0.1) is 0 Å². The van der Waals surface area contributed by atoms with Crippen LogP contribution in [0.1, 0.15) is 23.7 Å². The smallest absolute Gasteiger partial charge is 0.0936 e. The number of aromatic nitrogens is 1. The van der Waals surface area contributed by atoms with Gasteiger partial charge in [0.05, 0.1) is 24.5 Å². The van der Waals surface area contributed by atoms with Gasteiger partial charge in [-0.1, -0.05) is 0 Å². The van der Waals surface area contributed by atoms with Gasteiger partial charge < -0.3 is 15.6 Å². The van der Waals surface area contributed by atoms with Gasteiger partial charge in [-0.2, -0.15) is 0 Å². The molecule has 1 aromatic rings. The molecular formula is C14H23N3O2. The molecule has 1 fully saturated rings. The van der Waals surface area contributed by atoms with E-state index < -0.39 is 0 Å². The van der Waals surface area contributed by atoms with E-state index in [1.807, 2.05) is 27.0 Å². The Kier molecular flexibility index (Phi) is 4.39. The fourth-order valence-corrected chi connectivity index (χ4v) is 2.53. The molecule has 0 aromatic carbocycles. The van der Waals surface area contributed by atoms with E-state index in [1.54, 1.807) is 0 Å². The molecule has 0 bridgehead atoms. The van der Waals surface area contributed by atoms with Crippen molar-refractivity contribution in [2.45, 2.75) is 39.5 Å². The maximum absolute atomic E-state index is 9.24. The number of aliphatic hydroxyl groups excluding tert-OH is 1. The van der Waals surface area contributed by atoms with Gasteiger partial charge >= 0.3 is 0 Å². The monoisotopic (exact) mass is 265 g/mol. The Balaban J connectivity index is 2.10. The van der Waals surface area contributed by atoms with Crippen LogP contribution in [0, 0.1) is 13.8 Å². The third-order valence-electron chi connectivity index (χ3n) is 3.65. The number of hydrogen-bond donors (Lipinski definition) is 2. The third kappa shape index (κ3) is 3.23. The summed E-state index contributed by atoms with van der Waals surface area (Å²) in [5.41, 5.74) is 9.95. The zero-order valence-electron chi connectivity index (χ0n) is 11.9. The number of morpholine rings is 1. The number of rotatable bonds is 3. The van der Waals surface area contributed by atoms with Gasteiger partial charge in [-0.3, -0.25) is 9.88 Å². The number of aliphatic hydroxyl groups is 1. The van der Waals surface area contributed by atoms with Gasteiger partial charge in [0.25, 0.3) is 0 Å². The van der Waals surface area contributed by atoms with E-state index in [-0.39, 0.29) is 18.8 Å². The van der Waals surface area contributed by atoms with Gasteiger partial charge in [0.2, 0.25) is 0 Å². The molecule has 1 saturated heterocycles. The fourth-order valence-electron chi connectivity index (χ4n) is 2.53. The average molecular weight is 265 g/mol. The molecule has 2 unspecified atom stereocenters. The largest absolute Gasteiger partial charge is 0.398 e. The van der Waals surface area contributed by atoms with Crippen molar-refractivity contribution in [1.82, 2.24) is 9.88 Å². The SMILES string of the molecule is Cc1cnc(CN2CC(C)OC(CO)C2)c(C)c1N. The van der Waals surface area contributed by atoms with E-state index >= 15 is 0 Å². The van der Waals surface area contributed by atoms with Crippen LogP contribution in [0.2, 0.25) is 0 Å². The van der Waals surface area contributed by atoms with Gasteiger partial charge in [0.15, 0.2) is 0 Å². The second-order valence-corrected chi connectivity index (χ2v) is 5.37. The lowest BCUT2D eigenvalue weighted by atomic mass is 10.1. The molecule has 0 aliphatic carbocycles. The molecule has 19 heavy (non-hydrogen) atoms. The van der Waals surface area contributed by atoms with Gasteiger partial charge in [0.1, 0.15) is 0 Å². The minimum absolute atomic E-state index is 0.0588. The summed E-state index contributed by atoms with van der Waals surface area (Å²) in [4.78, 5) is 6.75. The lowest BCUT2D eigenvalue weighted by molar-refractivity contribution is -0.0975. The van der Waals surface area contributed by atoms with Crippen LogP contribution in [-0.2, 0) is 11.3 Å². The summed E-state index contributed by atoms with van der Waals surface area (Å²) >= 11 is 0. The van der Waals surface area contributed by atoms with Crippen molar-refractivity contribution in [3.05, 3.63) is 23.0 Å². The van der Waals surface area contributed by atoms with Crippen molar-refractivity contribution in [3.8, 4) is 0 Å². The normalized spacial score (nSPS) is 24.6. The van der Waals surface area contributed by atoms with Gasteiger partial charge in [-0.05, 0) is 31.9 Å². The molecule has 106 valence electrons. The van der Waals surface area contributed by atoms with E-state index in [0.29, 0.717) is 0 Å². The summed E-state index contributed by atoms with van der Waals surface area (Å²) in [5.74, 6) is 0. The molecule has 3 N–H and O–H groups in total. The van der Waals surface area contributed by atoms with E-state index in [1.165, 1.54) is 0 Å². The van der Waals surface area contributed by atoms with Crippen LogP contribution in [0.4, 0.5) is 5.69 Å². The molecule has 0 saturated carbocycles. The molecule has 2 atom stereocenters. The summed E-state index contributed by atoms with van der Waals surface area (Å²) in [5, 5.41) is 9.24. The molecule has 2 heterocycles. The minimum Gasteiger partial charge on any atom is -0.398 e. The second kappa shape index (κ2) is 5.86. The number of ether oxygens (including phenoxy) is 1. The fraction of sp³-hybridized carbons (Fsp3) is 0.643. The second-order valence-electron chi connectivity index (χ2n) is 5.37. The Morgan fingerprint density at radius 2 is 2.21 bits per heavy atom. The predicted molar refractivity (Wildman–Crippen MR) is 74.8 cm³/mol. The van der Waals surface area contributed by atoms with E-state index in [2.05, 4.69) is 9.88 Å². The quantitative estimate of drug-likeness (QED) is 0.848. The number of pyridine rings is 1. The highest BCUT2D eigenvalue weighted by Crippen LogP contribution is 2.20. The summed E-state index contributed by atoms with van der Waals surface area (Å²) in [7, 11) is 0. The lowest BCUT2D eigenvalue weighted by Crippen LogP contribution is -2.47. The first-order valence-corrected chi connectivity index (χ1v) is 6.70. The van der Waals surface area contributed by atoms with Crippen molar-refractivity contribution in [1.29, 1.82) is 0 Å². The standard InChI is InChI=1S/C14H23N3O2/c1-9-4-16-13(11(3)14(9)15)7-17-5-10(2)19-12(6-17)8-18/h4,10,12,18H,5-8H2,1-3H3,(H2,15,16). The van der Waals surface area contributed by atoms with Gasteiger partial charge in [0, 0.05) is 31.5 Å². The molecule has 5 heteroatoms. The summed E-state index contributed by atoms with van der Waals surface area (Å²) in [6.07, 6.45) is 1.85. The summed E-state index contributed by atoms with van der Waals surface area (Å²) in [6, 6.07) is 0. The van der Waals surface area contributed by atoms with Crippen LogP contribution in [0.3, 0.4) is 0 Å². The maximum atomic E-state index is 9.24. The summed E-state index contributed by atoms with van der Waals surface area (Å²) < 4.78 is 5.64. The Morgan fingerprint density at radius 3 is 2.89 bits per heavy atom. The Labute approximate surface area is 114 Å². The first-order chi connectivity index (χ1) is 9.01. The number of nitrogen functional groups attached to an aromatic ring is 1. The van der Waals surface area contributed by atoms with Crippen LogP contribution in [0.15, 0.2) is 6.20 Å². The molecule has 1 aromatic heterocycles. The molecule has 1 aliphatic heterocycles. The maximum Gasteiger partial charge on any atom is 0.0936 e. The molecule has 2 rings (SSSR count). The van der Waals surface area contributed by atoms with Crippen LogP contribution in [0.25, 0.3) is 0 Å². The van der Waals surface area contributed by atoms with Crippen LogP contribution in [0.5, 0.6) is 0 Å². The number of nitrogens with two attached hydrogens (primary N) is 1. The topological polar surface area (TPSA) is 71.6 Å². The zero-order chi connectivity index (χ0) is 14.0. The zero-order valence-corrected chi connectivity index (χ0v) is 11.9. The lowest BCUT2D eigenvalue weighted by Gasteiger charge is -2.36. The Hall–Kier alpha value is -1.17. The first kappa shape index (κ1) is 14.2. The highest BCUT2D eigenvalue weighted by atomic mass is 16.5. The molecule has 0 amide bonds. The Bertz CT molecular complexity index is 451. The van der Waals surface area contributed by atoms with E-state index in [4.69, 9.17) is 10.5 Å². The van der Waals surface area contributed by atoms with Crippen LogP contribution < -0.4 is 5.73 Å². The Morgan fingerprint density at radius 1 is 1.47 bits per heavy atom. The first-order valence-electron chi connectivity index (χ1n) is 6.70. The van der Waals surface area contributed by atoms with Crippen molar-refractivity contribution < 1.29 is 9.84 Å². The number of hydrogen-bond acceptors (Lipinski definition) is 5. The van der Waals surface area contributed by atoms with E-state index in [0.717, 1.165) is 42.1 Å². The molecule has 5 nitrogen and oxygen atoms in total.